The lowest BCUT2D eigenvalue weighted by Gasteiger charge is -2.23. The molecule has 0 spiro atoms. The van der Waals surface area contributed by atoms with Crippen LogP contribution in [0.2, 0.25) is 0 Å². The van der Waals surface area contributed by atoms with Crippen molar-refractivity contribution in [2.24, 2.45) is 5.41 Å². The number of pyridine rings is 1. The Morgan fingerprint density at radius 3 is 2.84 bits per heavy atom. The lowest BCUT2D eigenvalue weighted by molar-refractivity contribution is -0.384. The Bertz CT molecular complexity index is 491. The summed E-state index contributed by atoms with van der Waals surface area (Å²) in [6.45, 7) is 6.15. The second-order valence-electron chi connectivity index (χ2n) is 5.76. The molecule has 0 aromatic carbocycles. The largest absolute Gasteiger partial charge is 0.351 e. The van der Waals surface area contributed by atoms with Gasteiger partial charge in [0, 0.05) is 29.8 Å². The van der Waals surface area contributed by atoms with E-state index in [0.29, 0.717) is 15.7 Å². The summed E-state index contributed by atoms with van der Waals surface area (Å²) < 4.78 is 0.637. The van der Waals surface area contributed by atoms with Gasteiger partial charge in [0.15, 0.2) is 0 Å². The summed E-state index contributed by atoms with van der Waals surface area (Å²) in [5.74, 6) is 0.492. The van der Waals surface area contributed by atoms with Crippen molar-refractivity contribution in [1.29, 1.82) is 0 Å². The number of anilines is 1. The SMILES string of the molecule is CC1(C)CCCN(c2ncc(Br)cc2[N+](=O)[O-])CC1. The zero-order valence-electron chi connectivity index (χ0n) is 11.2. The molecule has 1 fully saturated rings. The first-order valence-corrected chi connectivity index (χ1v) is 7.23. The third kappa shape index (κ3) is 3.43. The van der Waals surface area contributed by atoms with Crippen molar-refractivity contribution in [2.75, 3.05) is 18.0 Å². The van der Waals surface area contributed by atoms with E-state index in [9.17, 15) is 10.1 Å². The molecule has 1 aromatic heterocycles. The van der Waals surface area contributed by atoms with Crippen molar-refractivity contribution in [3.63, 3.8) is 0 Å². The van der Waals surface area contributed by atoms with Crippen LogP contribution in [0, 0.1) is 15.5 Å². The highest BCUT2D eigenvalue weighted by atomic mass is 79.9. The third-order valence-electron chi connectivity index (χ3n) is 3.65. The molecule has 5 nitrogen and oxygen atoms in total. The van der Waals surface area contributed by atoms with Gasteiger partial charge in [0.1, 0.15) is 0 Å². The molecule has 0 aliphatic carbocycles. The van der Waals surface area contributed by atoms with Crippen molar-refractivity contribution in [1.82, 2.24) is 4.98 Å². The van der Waals surface area contributed by atoms with Crippen LogP contribution in [0.1, 0.15) is 33.1 Å². The smallest absolute Gasteiger partial charge is 0.312 e. The van der Waals surface area contributed by atoms with Crippen LogP contribution in [-0.4, -0.2) is 23.0 Å². The van der Waals surface area contributed by atoms with Crippen LogP contribution in [0.25, 0.3) is 0 Å². The van der Waals surface area contributed by atoms with Gasteiger partial charge in [-0.15, -0.1) is 0 Å². The molecule has 0 saturated carbocycles. The average molecular weight is 328 g/mol. The van der Waals surface area contributed by atoms with Crippen LogP contribution >= 0.6 is 15.9 Å². The molecule has 1 saturated heterocycles. The molecule has 0 atom stereocenters. The van der Waals surface area contributed by atoms with Crippen molar-refractivity contribution >= 4 is 27.4 Å². The van der Waals surface area contributed by atoms with Crippen LogP contribution in [0.15, 0.2) is 16.7 Å². The molecule has 2 rings (SSSR count). The summed E-state index contributed by atoms with van der Waals surface area (Å²) in [6.07, 6.45) is 4.84. The van der Waals surface area contributed by atoms with E-state index >= 15 is 0 Å². The van der Waals surface area contributed by atoms with Crippen molar-refractivity contribution in [3.8, 4) is 0 Å². The van der Waals surface area contributed by atoms with E-state index in [0.717, 1.165) is 32.4 Å². The Labute approximate surface area is 121 Å². The van der Waals surface area contributed by atoms with Gasteiger partial charge in [-0.3, -0.25) is 10.1 Å². The van der Waals surface area contributed by atoms with Crippen LogP contribution < -0.4 is 4.90 Å². The number of nitrogens with zero attached hydrogens (tertiary/aromatic N) is 3. The van der Waals surface area contributed by atoms with Crippen molar-refractivity contribution in [3.05, 3.63) is 26.9 Å². The zero-order valence-corrected chi connectivity index (χ0v) is 12.8. The monoisotopic (exact) mass is 327 g/mol. The molecule has 0 N–H and O–H groups in total. The second-order valence-corrected chi connectivity index (χ2v) is 6.67. The van der Waals surface area contributed by atoms with E-state index < -0.39 is 0 Å². The normalized spacial score (nSPS) is 19.0. The Morgan fingerprint density at radius 2 is 2.16 bits per heavy atom. The Morgan fingerprint density at radius 1 is 1.42 bits per heavy atom. The molecule has 0 amide bonds. The lowest BCUT2D eigenvalue weighted by atomic mass is 9.85. The number of hydrogen-bond acceptors (Lipinski definition) is 4. The molecular formula is C13H18BrN3O2. The van der Waals surface area contributed by atoms with Crippen LogP contribution in [0.4, 0.5) is 11.5 Å². The van der Waals surface area contributed by atoms with Gasteiger partial charge in [0.2, 0.25) is 5.82 Å². The Balaban J connectivity index is 2.29. The van der Waals surface area contributed by atoms with Crippen molar-refractivity contribution < 1.29 is 4.92 Å². The van der Waals surface area contributed by atoms with E-state index in [-0.39, 0.29) is 10.6 Å². The number of halogens is 1. The van der Waals surface area contributed by atoms with E-state index in [4.69, 9.17) is 0 Å². The maximum atomic E-state index is 11.1. The first-order valence-electron chi connectivity index (χ1n) is 6.44. The molecule has 0 unspecified atom stereocenters. The highest BCUT2D eigenvalue weighted by Gasteiger charge is 2.27. The minimum Gasteiger partial charge on any atom is -0.351 e. The summed E-state index contributed by atoms with van der Waals surface area (Å²) in [5.41, 5.74) is 0.382. The van der Waals surface area contributed by atoms with Crippen LogP contribution in [0.3, 0.4) is 0 Å². The number of aromatic nitrogens is 1. The number of nitro groups is 1. The summed E-state index contributed by atoms with van der Waals surface area (Å²) in [6, 6.07) is 1.53. The fourth-order valence-corrected chi connectivity index (χ4v) is 2.75. The highest BCUT2D eigenvalue weighted by Crippen LogP contribution is 2.34. The molecule has 19 heavy (non-hydrogen) atoms. The molecular weight excluding hydrogens is 310 g/mol. The van der Waals surface area contributed by atoms with Gasteiger partial charge in [-0.05, 0) is 40.6 Å². The maximum Gasteiger partial charge on any atom is 0.312 e. The third-order valence-corrected chi connectivity index (χ3v) is 4.08. The number of rotatable bonds is 2. The fraction of sp³-hybridized carbons (Fsp3) is 0.615. The minimum atomic E-state index is -0.358. The van der Waals surface area contributed by atoms with Crippen LogP contribution in [0.5, 0.6) is 0 Å². The molecule has 1 aromatic rings. The van der Waals surface area contributed by atoms with Gasteiger partial charge in [0.25, 0.3) is 0 Å². The van der Waals surface area contributed by atoms with Gasteiger partial charge in [-0.25, -0.2) is 4.98 Å². The summed E-state index contributed by atoms with van der Waals surface area (Å²) in [7, 11) is 0. The van der Waals surface area contributed by atoms with E-state index in [2.05, 4.69) is 34.8 Å². The zero-order chi connectivity index (χ0) is 14.0. The molecule has 104 valence electrons. The minimum absolute atomic E-state index is 0.0779. The van der Waals surface area contributed by atoms with Gasteiger partial charge in [0.05, 0.1) is 4.92 Å². The topological polar surface area (TPSA) is 59.3 Å². The van der Waals surface area contributed by atoms with Gasteiger partial charge >= 0.3 is 5.69 Å². The van der Waals surface area contributed by atoms with Gasteiger partial charge in [-0.2, -0.15) is 0 Å². The first-order chi connectivity index (χ1) is 8.89. The molecule has 6 heteroatoms. The standard InChI is InChI=1S/C13H18BrN3O2/c1-13(2)4-3-6-16(7-5-13)12-11(17(18)19)8-10(14)9-15-12/h8-9H,3-7H2,1-2H3. The number of hydrogen-bond donors (Lipinski definition) is 0. The molecule has 0 bridgehead atoms. The predicted octanol–water partition coefficient (Wildman–Crippen LogP) is 3.77. The average Bonchev–Trinajstić information content (AvgIpc) is 2.50. The molecule has 2 heterocycles. The first kappa shape index (κ1) is 14.2. The molecule has 0 radical (unpaired) electrons. The fourth-order valence-electron chi connectivity index (χ4n) is 2.43. The maximum absolute atomic E-state index is 11.1. The van der Waals surface area contributed by atoms with Crippen molar-refractivity contribution in [2.45, 2.75) is 33.1 Å². The van der Waals surface area contributed by atoms with E-state index in [1.165, 1.54) is 6.07 Å². The van der Waals surface area contributed by atoms with E-state index in [1.54, 1.807) is 6.20 Å². The molecule has 1 aliphatic rings. The van der Waals surface area contributed by atoms with Crippen LogP contribution in [-0.2, 0) is 0 Å². The lowest BCUT2D eigenvalue weighted by Crippen LogP contribution is -2.26. The van der Waals surface area contributed by atoms with Gasteiger partial charge in [-0.1, -0.05) is 13.8 Å². The molecule has 1 aliphatic heterocycles. The Kier molecular flexibility index (Phi) is 4.08. The van der Waals surface area contributed by atoms with Gasteiger partial charge < -0.3 is 4.90 Å². The highest BCUT2D eigenvalue weighted by molar-refractivity contribution is 9.10. The quantitative estimate of drug-likeness (QED) is 0.612. The summed E-state index contributed by atoms with van der Waals surface area (Å²) in [5, 5.41) is 11.1. The predicted molar refractivity (Wildman–Crippen MR) is 78.4 cm³/mol. The summed E-state index contributed by atoms with van der Waals surface area (Å²) >= 11 is 3.24. The summed E-state index contributed by atoms with van der Waals surface area (Å²) in [4.78, 5) is 17.1. The van der Waals surface area contributed by atoms with E-state index in [1.807, 2.05) is 4.90 Å². The second kappa shape index (κ2) is 5.45. The Hall–Kier alpha value is -1.17.